The van der Waals surface area contributed by atoms with Crippen LogP contribution in [0.3, 0.4) is 0 Å². The van der Waals surface area contributed by atoms with Crippen molar-refractivity contribution in [3.8, 4) is 11.8 Å². The highest BCUT2D eigenvalue weighted by Gasteiger charge is 2.20. The SMILES string of the molecule is Cc1cc(C#N)ccc1S(=O)(=O)Oc1ccc(Cl)c(Cl)c1. The number of rotatable bonds is 3. The maximum absolute atomic E-state index is 12.2. The van der Waals surface area contributed by atoms with Crippen molar-refractivity contribution in [2.45, 2.75) is 11.8 Å². The van der Waals surface area contributed by atoms with Crippen LogP contribution in [-0.4, -0.2) is 8.42 Å². The van der Waals surface area contributed by atoms with E-state index in [2.05, 4.69) is 0 Å². The van der Waals surface area contributed by atoms with Gasteiger partial charge < -0.3 is 4.18 Å². The van der Waals surface area contributed by atoms with Gasteiger partial charge in [0, 0.05) is 6.07 Å². The zero-order valence-corrected chi connectivity index (χ0v) is 13.1. The lowest BCUT2D eigenvalue weighted by atomic mass is 10.2. The van der Waals surface area contributed by atoms with Crippen LogP contribution in [0.15, 0.2) is 41.3 Å². The lowest BCUT2D eigenvalue weighted by molar-refractivity contribution is 0.485. The van der Waals surface area contributed by atoms with Crippen LogP contribution in [0, 0.1) is 18.3 Å². The van der Waals surface area contributed by atoms with Gasteiger partial charge in [-0.2, -0.15) is 13.7 Å². The molecule has 108 valence electrons. The van der Waals surface area contributed by atoms with Crippen molar-refractivity contribution in [3.63, 3.8) is 0 Å². The van der Waals surface area contributed by atoms with Crippen molar-refractivity contribution in [1.29, 1.82) is 5.26 Å². The minimum Gasteiger partial charge on any atom is -0.379 e. The topological polar surface area (TPSA) is 67.2 Å². The molecule has 0 saturated heterocycles. The maximum Gasteiger partial charge on any atom is 0.339 e. The van der Waals surface area contributed by atoms with Crippen LogP contribution >= 0.6 is 23.2 Å². The van der Waals surface area contributed by atoms with E-state index in [1.54, 1.807) is 6.92 Å². The van der Waals surface area contributed by atoms with Crippen molar-refractivity contribution in [1.82, 2.24) is 0 Å². The Morgan fingerprint density at radius 2 is 1.81 bits per heavy atom. The number of halogens is 2. The number of benzene rings is 2. The molecule has 0 unspecified atom stereocenters. The molecule has 2 aromatic carbocycles. The van der Waals surface area contributed by atoms with Crippen LogP contribution < -0.4 is 4.18 Å². The minimum atomic E-state index is -4.01. The van der Waals surface area contributed by atoms with E-state index in [-0.39, 0.29) is 15.7 Å². The summed E-state index contributed by atoms with van der Waals surface area (Å²) in [4.78, 5) is -0.00688. The van der Waals surface area contributed by atoms with E-state index < -0.39 is 10.1 Å². The van der Waals surface area contributed by atoms with Crippen molar-refractivity contribution >= 4 is 33.3 Å². The molecule has 0 N–H and O–H groups in total. The Morgan fingerprint density at radius 1 is 1.10 bits per heavy atom. The molecule has 0 aromatic heterocycles. The van der Waals surface area contributed by atoms with Crippen molar-refractivity contribution in [2.75, 3.05) is 0 Å². The van der Waals surface area contributed by atoms with Gasteiger partial charge in [-0.3, -0.25) is 0 Å². The predicted octanol–water partition coefficient (Wildman–Crippen LogP) is 3.94. The van der Waals surface area contributed by atoms with E-state index >= 15 is 0 Å². The molecule has 0 saturated carbocycles. The monoisotopic (exact) mass is 341 g/mol. The Labute approximate surface area is 132 Å². The first-order chi connectivity index (χ1) is 9.83. The fourth-order valence-electron chi connectivity index (χ4n) is 1.70. The van der Waals surface area contributed by atoms with Gasteiger partial charge in [0.2, 0.25) is 0 Å². The van der Waals surface area contributed by atoms with E-state index in [9.17, 15) is 8.42 Å². The highest BCUT2D eigenvalue weighted by molar-refractivity contribution is 7.87. The molecule has 0 heterocycles. The third-order valence-electron chi connectivity index (χ3n) is 2.67. The molecule has 2 rings (SSSR count). The molecule has 0 fully saturated rings. The second kappa shape index (κ2) is 5.94. The first kappa shape index (κ1) is 15.6. The summed E-state index contributed by atoms with van der Waals surface area (Å²) in [7, 11) is -4.01. The Kier molecular flexibility index (Phi) is 4.43. The van der Waals surface area contributed by atoms with Crippen LogP contribution in [0.4, 0.5) is 0 Å². The fraction of sp³-hybridized carbons (Fsp3) is 0.0714. The average Bonchev–Trinajstić information content (AvgIpc) is 2.42. The highest BCUT2D eigenvalue weighted by atomic mass is 35.5. The van der Waals surface area contributed by atoms with Crippen LogP contribution in [0.1, 0.15) is 11.1 Å². The Balaban J connectivity index is 2.38. The quantitative estimate of drug-likeness (QED) is 0.793. The molecular weight excluding hydrogens is 333 g/mol. The summed E-state index contributed by atoms with van der Waals surface area (Å²) in [5.74, 6) is 0.0631. The van der Waals surface area contributed by atoms with Gasteiger partial charge in [0.05, 0.1) is 21.7 Å². The van der Waals surface area contributed by atoms with Crippen LogP contribution in [0.25, 0.3) is 0 Å². The number of nitriles is 1. The van der Waals surface area contributed by atoms with Crippen LogP contribution in [0.2, 0.25) is 10.0 Å². The molecule has 0 bridgehead atoms. The molecule has 0 aliphatic carbocycles. The number of aryl methyl sites for hydroxylation is 1. The lowest BCUT2D eigenvalue weighted by Gasteiger charge is -2.10. The van der Waals surface area contributed by atoms with Crippen molar-refractivity contribution in [3.05, 3.63) is 57.6 Å². The van der Waals surface area contributed by atoms with Gasteiger partial charge >= 0.3 is 10.1 Å². The summed E-state index contributed by atoms with van der Waals surface area (Å²) in [5.41, 5.74) is 0.801. The minimum absolute atomic E-state index is 0.00688. The van der Waals surface area contributed by atoms with E-state index in [1.807, 2.05) is 6.07 Å². The lowest BCUT2D eigenvalue weighted by Crippen LogP contribution is -2.11. The molecular formula is C14H9Cl2NO3S. The van der Waals surface area contributed by atoms with Gasteiger partial charge in [0.1, 0.15) is 10.6 Å². The molecule has 2 aromatic rings. The zero-order chi connectivity index (χ0) is 15.6. The van der Waals surface area contributed by atoms with Crippen LogP contribution in [0.5, 0.6) is 5.75 Å². The van der Waals surface area contributed by atoms with Gasteiger partial charge in [-0.15, -0.1) is 0 Å². The molecule has 0 atom stereocenters. The second-order valence-corrected chi connectivity index (χ2v) is 6.53. The number of hydrogen-bond acceptors (Lipinski definition) is 4. The average molecular weight is 342 g/mol. The van der Waals surface area contributed by atoms with Gasteiger partial charge in [-0.1, -0.05) is 23.2 Å². The third-order valence-corrected chi connectivity index (χ3v) is 4.82. The van der Waals surface area contributed by atoms with E-state index in [4.69, 9.17) is 32.6 Å². The summed E-state index contributed by atoms with van der Waals surface area (Å²) >= 11 is 11.6. The Hall–Kier alpha value is -1.74. The third kappa shape index (κ3) is 3.48. The van der Waals surface area contributed by atoms with Crippen molar-refractivity contribution in [2.24, 2.45) is 0 Å². The summed E-state index contributed by atoms with van der Waals surface area (Å²) in [6.45, 7) is 1.59. The first-order valence-electron chi connectivity index (χ1n) is 5.74. The van der Waals surface area contributed by atoms with Crippen LogP contribution in [-0.2, 0) is 10.1 Å². The molecule has 0 spiro atoms. The van der Waals surface area contributed by atoms with Gasteiger partial charge in [0.25, 0.3) is 0 Å². The molecule has 21 heavy (non-hydrogen) atoms. The zero-order valence-electron chi connectivity index (χ0n) is 10.8. The molecule has 7 heteroatoms. The number of nitrogens with zero attached hydrogens (tertiary/aromatic N) is 1. The Morgan fingerprint density at radius 3 is 2.38 bits per heavy atom. The largest absolute Gasteiger partial charge is 0.379 e. The fourth-order valence-corrected chi connectivity index (χ4v) is 3.12. The summed E-state index contributed by atoms with van der Waals surface area (Å²) < 4.78 is 29.5. The smallest absolute Gasteiger partial charge is 0.339 e. The standard InChI is InChI=1S/C14H9Cl2NO3S/c1-9-6-10(8-17)2-5-14(9)21(18,19)20-11-3-4-12(15)13(16)7-11/h2-7H,1H3. The second-order valence-electron chi connectivity index (χ2n) is 4.21. The molecule has 0 aliphatic rings. The van der Waals surface area contributed by atoms with Crippen molar-refractivity contribution < 1.29 is 12.6 Å². The summed E-state index contributed by atoms with van der Waals surface area (Å²) in [6, 6.07) is 10.3. The molecule has 0 radical (unpaired) electrons. The van der Waals surface area contributed by atoms with E-state index in [0.717, 1.165) is 0 Å². The Bertz CT molecular complexity index is 842. The van der Waals surface area contributed by atoms with Gasteiger partial charge in [-0.05, 0) is 42.8 Å². The highest BCUT2D eigenvalue weighted by Crippen LogP contribution is 2.28. The van der Waals surface area contributed by atoms with Gasteiger partial charge in [-0.25, -0.2) is 0 Å². The number of hydrogen-bond donors (Lipinski definition) is 0. The molecule has 0 aliphatic heterocycles. The predicted molar refractivity (Wildman–Crippen MR) is 80.2 cm³/mol. The van der Waals surface area contributed by atoms with Gasteiger partial charge in [0.15, 0.2) is 0 Å². The normalized spacial score (nSPS) is 11.0. The summed E-state index contributed by atoms with van der Waals surface area (Å²) in [5, 5.41) is 9.29. The van der Waals surface area contributed by atoms with E-state index in [0.29, 0.717) is 16.1 Å². The maximum atomic E-state index is 12.2. The summed E-state index contributed by atoms with van der Waals surface area (Å²) in [6.07, 6.45) is 0. The molecule has 4 nitrogen and oxygen atoms in total. The molecule has 0 amide bonds. The first-order valence-corrected chi connectivity index (χ1v) is 7.90. The van der Waals surface area contributed by atoms with E-state index in [1.165, 1.54) is 36.4 Å².